The number of furan rings is 1. The first-order chi connectivity index (χ1) is 37.8. The van der Waals surface area contributed by atoms with Crippen LogP contribution >= 0.6 is 0 Å². The van der Waals surface area contributed by atoms with E-state index in [0.717, 1.165) is 29.5 Å². The summed E-state index contributed by atoms with van der Waals surface area (Å²) >= 11 is 0. The summed E-state index contributed by atoms with van der Waals surface area (Å²) in [6, 6.07) is 52.9. The molecule has 0 saturated heterocycles. The molecule has 4 heterocycles. The van der Waals surface area contributed by atoms with Gasteiger partial charge in [0.05, 0.1) is 16.7 Å². The fourth-order valence-corrected chi connectivity index (χ4v) is 16.9. The highest BCUT2D eigenvalue weighted by Crippen LogP contribution is 2.63. The van der Waals surface area contributed by atoms with E-state index in [1.54, 1.807) is 0 Å². The molecule has 0 unspecified atom stereocenters. The molecule has 16 rings (SSSR count). The van der Waals surface area contributed by atoms with Crippen molar-refractivity contribution in [3.8, 4) is 50.2 Å². The molecule has 0 radical (unpaired) electrons. The summed E-state index contributed by atoms with van der Waals surface area (Å²) < 4.78 is 10.5. The van der Waals surface area contributed by atoms with E-state index in [2.05, 4.69) is 247 Å². The quantitative estimate of drug-likeness (QED) is 0.161. The van der Waals surface area contributed by atoms with Gasteiger partial charge in [-0.15, -0.1) is 0 Å². The fraction of sp³-hybridized carbons (Fsp3) is 0.342. The van der Waals surface area contributed by atoms with Crippen LogP contribution in [0.5, 0.6) is 0 Å². The van der Waals surface area contributed by atoms with Gasteiger partial charge in [0.25, 0.3) is 0 Å². The van der Waals surface area contributed by atoms with E-state index in [4.69, 9.17) is 4.42 Å². The van der Waals surface area contributed by atoms with Crippen molar-refractivity contribution < 1.29 is 4.42 Å². The molecule has 4 aliphatic carbocycles. The van der Waals surface area contributed by atoms with E-state index in [9.17, 15) is 0 Å². The van der Waals surface area contributed by atoms with Crippen molar-refractivity contribution in [2.75, 3.05) is 4.81 Å². The molecule has 2 aromatic heterocycles. The van der Waals surface area contributed by atoms with Gasteiger partial charge < -0.3 is 13.8 Å². The average Bonchev–Trinajstić information content (AvgIpc) is 4.15. The molecule has 3 nitrogen and oxygen atoms in total. The molecular weight excluding hydrogens is 968 g/mol. The van der Waals surface area contributed by atoms with Gasteiger partial charge in [-0.2, -0.15) is 0 Å². The Bertz CT molecular complexity index is 4440. The average molecular weight is 1040 g/mol. The first kappa shape index (κ1) is 48.8. The minimum atomic E-state index is -0.301. The Labute approximate surface area is 474 Å². The zero-order valence-corrected chi connectivity index (χ0v) is 49.9. The van der Waals surface area contributed by atoms with E-state index in [1.165, 1.54) is 152 Å². The van der Waals surface area contributed by atoms with Crippen LogP contribution in [0.25, 0.3) is 83.0 Å². The summed E-state index contributed by atoms with van der Waals surface area (Å²) in [5.41, 5.74) is 32.9. The maximum atomic E-state index is 7.77. The maximum absolute atomic E-state index is 7.77. The third-order valence-electron chi connectivity index (χ3n) is 21.8. The van der Waals surface area contributed by atoms with Gasteiger partial charge >= 0.3 is 6.85 Å². The van der Waals surface area contributed by atoms with E-state index < -0.39 is 0 Å². The zero-order chi connectivity index (χ0) is 55.5. The normalized spacial score (nSPS) is 19.3. The Balaban J connectivity index is 1.12. The number of anilines is 2. The predicted octanol–water partition coefficient (Wildman–Crippen LogP) is 19.0. The van der Waals surface area contributed by atoms with Crippen LogP contribution < -0.4 is 15.9 Å². The van der Waals surface area contributed by atoms with E-state index in [0.29, 0.717) is 0 Å². The second kappa shape index (κ2) is 15.1. The zero-order valence-electron chi connectivity index (χ0n) is 49.9. The predicted molar refractivity (Wildman–Crippen MR) is 339 cm³/mol. The summed E-state index contributed by atoms with van der Waals surface area (Å²) in [6.45, 7) is 36.6. The number of hydrogen-bond donors (Lipinski definition) is 0. The van der Waals surface area contributed by atoms with E-state index >= 15 is 0 Å². The first-order valence-corrected chi connectivity index (χ1v) is 30.0. The third kappa shape index (κ3) is 6.08. The van der Waals surface area contributed by atoms with Crippen LogP contribution in [-0.2, 0) is 37.9 Å². The largest absolute Gasteiger partial charge is 0.466 e. The smallest absolute Gasteiger partial charge is 0.375 e. The van der Waals surface area contributed by atoms with Gasteiger partial charge in [0.1, 0.15) is 11.2 Å². The number of benzene rings is 8. The van der Waals surface area contributed by atoms with Crippen molar-refractivity contribution in [2.45, 2.75) is 167 Å². The molecule has 80 heavy (non-hydrogen) atoms. The number of aromatic nitrogens is 1. The highest BCUT2D eigenvalue weighted by Gasteiger charge is 2.54. The van der Waals surface area contributed by atoms with Crippen LogP contribution in [0.3, 0.4) is 0 Å². The van der Waals surface area contributed by atoms with Crippen LogP contribution in [0.1, 0.15) is 180 Å². The highest BCUT2D eigenvalue weighted by molar-refractivity contribution is 6.93. The lowest BCUT2D eigenvalue weighted by molar-refractivity contribution is 0.331. The second-order valence-corrected chi connectivity index (χ2v) is 30.2. The summed E-state index contributed by atoms with van der Waals surface area (Å²) in [5.74, 6) is 0. The van der Waals surface area contributed by atoms with Gasteiger partial charge in [0.15, 0.2) is 0 Å². The summed E-state index contributed by atoms with van der Waals surface area (Å²) in [4.78, 5) is 2.73. The molecule has 0 atom stereocenters. The van der Waals surface area contributed by atoms with Gasteiger partial charge in [-0.25, -0.2) is 0 Å². The first-order valence-electron chi connectivity index (χ1n) is 30.0. The number of rotatable bonds is 2. The van der Waals surface area contributed by atoms with Crippen LogP contribution in [0.15, 0.2) is 138 Å². The van der Waals surface area contributed by atoms with Crippen molar-refractivity contribution in [2.24, 2.45) is 0 Å². The molecule has 4 heteroatoms. The van der Waals surface area contributed by atoms with Crippen LogP contribution in [-0.4, -0.2) is 11.4 Å². The standard InChI is InChI=1S/C76H75BN2O/c1-70(2,3)44-26-28-45(29-27-44)79-60-39-48-47-36-55-57(73(8,9)33-31-71(55,4)5)40-54(47)75(12,13)53(48)37-50(60)63-62-46-23-19-20-24-52(46)76(14,15)65(62)64-49-38-56-58(74(10,11)34-32-72(56,6)7)41-59(49)78-67-51-35-43(42-21-17-16-18-22-42)25-30-61(51)80-69(67)77(79)66(63)68(64)78/h16-30,35-41H,31-34H2,1-15H3. The molecule has 398 valence electrons. The molecule has 8 aromatic carbocycles. The van der Waals surface area contributed by atoms with Gasteiger partial charge in [-0.3, -0.25) is 0 Å². The molecule has 0 fully saturated rings. The Morgan fingerprint density at radius 2 is 1.06 bits per heavy atom. The Hall–Kier alpha value is -7.04. The third-order valence-corrected chi connectivity index (χ3v) is 21.8. The molecule has 0 N–H and O–H groups in total. The molecule has 0 amide bonds. The summed E-state index contributed by atoms with van der Waals surface area (Å²) in [7, 11) is 0. The highest BCUT2D eigenvalue weighted by atomic mass is 16.3. The SMILES string of the molecule is CC(C)(C)c1ccc(N2B3c4oc5ccc(-c6ccccc6)cc5c4-n4c5cc6c(cc5c5c7c(c(c3c54)-c3cc4c(cc32)-c2cc3c(cc2C4(C)C)C(C)(C)CCC3(C)C)-c2ccccc2C7(C)C)C(C)(C)CCC6(C)C)cc1. The lowest BCUT2D eigenvalue weighted by atomic mass is 9.45. The number of fused-ring (bicyclic) bond motifs is 20. The molecule has 0 saturated carbocycles. The Kier molecular flexibility index (Phi) is 9.21. The van der Waals surface area contributed by atoms with Crippen LogP contribution in [0.2, 0.25) is 0 Å². The minimum absolute atomic E-state index is 0.00805. The summed E-state index contributed by atoms with van der Waals surface area (Å²) in [6.07, 6.45) is 4.68. The fourth-order valence-electron chi connectivity index (χ4n) is 16.9. The second-order valence-electron chi connectivity index (χ2n) is 30.2. The molecule has 2 aliphatic heterocycles. The maximum Gasteiger partial charge on any atom is 0.375 e. The lowest BCUT2D eigenvalue weighted by Gasteiger charge is -2.42. The van der Waals surface area contributed by atoms with Crippen molar-refractivity contribution in [3.63, 3.8) is 0 Å². The topological polar surface area (TPSA) is 21.3 Å². The van der Waals surface area contributed by atoms with Gasteiger partial charge in [0.2, 0.25) is 0 Å². The molecule has 10 aromatic rings. The summed E-state index contributed by atoms with van der Waals surface area (Å²) in [5, 5.41) is 3.91. The van der Waals surface area contributed by atoms with Crippen LogP contribution in [0, 0.1) is 0 Å². The molecule has 6 aliphatic rings. The minimum Gasteiger partial charge on any atom is -0.466 e. The van der Waals surface area contributed by atoms with E-state index in [1.807, 2.05) is 0 Å². The van der Waals surface area contributed by atoms with Crippen molar-refractivity contribution >= 4 is 62.1 Å². The van der Waals surface area contributed by atoms with Gasteiger partial charge in [0, 0.05) is 43.9 Å². The molecular formula is C76H75BN2O. The van der Waals surface area contributed by atoms with Gasteiger partial charge in [-0.05, 0) is 202 Å². The van der Waals surface area contributed by atoms with Crippen LogP contribution in [0.4, 0.5) is 11.4 Å². The molecule has 0 spiro atoms. The van der Waals surface area contributed by atoms with Gasteiger partial charge in [-0.1, -0.05) is 183 Å². The Morgan fingerprint density at radius 1 is 0.475 bits per heavy atom. The monoisotopic (exact) mass is 1040 g/mol. The number of hydrogen-bond acceptors (Lipinski definition) is 2. The Morgan fingerprint density at radius 3 is 1.74 bits per heavy atom. The van der Waals surface area contributed by atoms with Crippen molar-refractivity contribution in [1.82, 2.24) is 4.57 Å². The number of nitrogens with zero attached hydrogens (tertiary/aromatic N) is 2. The van der Waals surface area contributed by atoms with Crippen molar-refractivity contribution in [1.29, 1.82) is 0 Å². The van der Waals surface area contributed by atoms with Crippen molar-refractivity contribution in [3.05, 3.63) is 184 Å². The molecule has 0 bridgehead atoms. The lowest BCUT2D eigenvalue weighted by Crippen LogP contribution is -2.60. The van der Waals surface area contributed by atoms with E-state index in [-0.39, 0.29) is 44.8 Å².